The van der Waals surface area contributed by atoms with Gasteiger partial charge in [-0.05, 0) is 53.5 Å². The molecule has 6 rings (SSSR count). The van der Waals surface area contributed by atoms with Gasteiger partial charge < -0.3 is 23.7 Å². The number of allylic oxidation sites excluding steroid dienone is 1. The van der Waals surface area contributed by atoms with Gasteiger partial charge in [0.1, 0.15) is 6.61 Å². The topological polar surface area (TPSA) is 97.6 Å². The minimum Gasteiger partial charge on any atom is -0.493 e. The van der Waals surface area contributed by atoms with Crippen LogP contribution in [0.5, 0.6) is 23.0 Å². The minimum atomic E-state index is -0.645. The van der Waals surface area contributed by atoms with E-state index in [1.807, 2.05) is 73.7 Å². The summed E-state index contributed by atoms with van der Waals surface area (Å²) in [6.07, 6.45) is 2.31. The molecule has 1 atom stereocenters. The molecule has 2 aliphatic heterocycles. The number of carbonyl (C=O) groups is 1. The maximum Gasteiger partial charge on any atom is 0.338 e. The highest BCUT2D eigenvalue weighted by Crippen LogP contribution is 2.34. The van der Waals surface area contributed by atoms with Crippen LogP contribution in [0.4, 0.5) is 0 Å². The molecule has 0 radical (unpaired) electrons. The van der Waals surface area contributed by atoms with Crippen LogP contribution in [0.2, 0.25) is 0 Å². The van der Waals surface area contributed by atoms with Gasteiger partial charge in [0.2, 0.25) is 6.79 Å². The summed E-state index contributed by atoms with van der Waals surface area (Å²) >= 11 is 1.28. The van der Waals surface area contributed by atoms with Crippen LogP contribution in [0.1, 0.15) is 36.1 Å². The van der Waals surface area contributed by atoms with Crippen molar-refractivity contribution in [1.29, 1.82) is 0 Å². The van der Waals surface area contributed by atoms with E-state index in [0.717, 1.165) is 16.7 Å². The molecule has 0 saturated carbocycles. The van der Waals surface area contributed by atoms with Crippen LogP contribution in [-0.4, -0.2) is 31.5 Å². The van der Waals surface area contributed by atoms with Gasteiger partial charge in [0, 0.05) is 0 Å². The van der Waals surface area contributed by atoms with Crippen LogP contribution >= 0.6 is 11.3 Å². The number of thiazole rings is 1. The van der Waals surface area contributed by atoms with Crippen LogP contribution < -0.4 is 33.8 Å². The lowest BCUT2D eigenvalue weighted by atomic mass is 9.95. The SMILES string of the molecule is CCC1=C(C(=O)OC)[C@H](c2ccccc2)n2c(s/c(=C\c3ccc(OCc4ccc5c(c4)OCO5)c(OC)c3)c2=O)=N1. The molecule has 0 amide bonds. The monoisotopic (exact) mass is 584 g/mol. The molecule has 0 saturated heterocycles. The van der Waals surface area contributed by atoms with Gasteiger partial charge >= 0.3 is 5.97 Å². The van der Waals surface area contributed by atoms with Gasteiger partial charge in [-0.25, -0.2) is 9.79 Å². The lowest BCUT2D eigenvalue weighted by molar-refractivity contribution is -0.136. The van der Waals surface area contributed by atoms with Crippen LogP contribution in [0.3, 0.4) is 0 Å². The van der Waals surface area contributed by atoms with Gasteiger partial charge in [-0.2, -0.15) is 0 Å². The van der Waals surface area contributed by atoms with Gasteiger partial charge in [-0.1, -0.05) is 60.7 Å². The Hall–Kier alpha value is -4.83. The second kappa shape index (κ2) is 11.6. The standard InChI is InChI=1S/C32H28N2O7S/c1-4-22-28(31(36)38-3)29(21-8-6-5-7-9-21)34-30(35)27(42-32(34)33-22)16-19-10-12-23(25(14-19)37-2)39-17-20-11-13-24-26(15-20)41-18-40-24/h5-16,29H,4,17-18H2,1-3H3/b27-16-/t29-/m0/s1. The molecule has 4 aromatic rings. The van der Waals surface area contributed by atoms with Crippen molar-refractivity contribution >= 4 is 23.4 Å². The molecular formula is C32H28N2O7S. The number of hydrogen-bond donors (Lipinski definition) is 0. The summed E-state index contributed by atoms with van der Waals surface area (Å²) in [7, 11) is 2.91. The summed E-state index contributed by atoms with van der Waals surface area (Å²) in [5.41, 5.74) is 3.22. The molecule has 9 nitrogen and oxygen atoms in total. The third-order valence-corrected chi connectivity index (χ3v) is 8.07. The quantitative estimate of drug-likeness (QED) is 0.288. The number of nitrogens with zero attached hydrogens (tertiary/aromatic N) is 2. The number of esters is 1. The Bertz CT molecular complexity index is 1870. The van der Waals surface area contributed by atoms with Crippen molar-refractivity contribution in [3.8, 4) is 23.0 Å². The molecule has 0 bridgehead atoms. The highest BCUT2D eigenvalue weighted by Gasteiger charge is 2.33. The van der Waals surface area contributed by atoms with Crippen molar-refractivity contribution in [2.45, 2.75) is 26.0 Å². The van der Waals surface area contributed by atoms with Crippen molar-refractivity contribution in [3.05, 3.63) is 114 Å². The summed E-state index contributed by atoms with van der Waals surface area (Å²) in [4.78, 5) is 32.0. The van der Waals surface area contributed by atoms with Crippen molar-refractivity contribution in [3.63, 3.8) is 0 Å². The second-order valence-electron chi connectivity index (χ2n) is 9.59. The fraction of sp³-hybridized carbons (Fsp3) is 0.219. The third-order valence-electron chi connectivity index (χ3n) is 7.08. The predicted octanol–water partition coefficient (Wildman–Crippen LogP) is 4.11. The summed E-state index contributed by atoms with van der Waals surface area (Å²) in [6.45, 7) is 2.46. The first-order valence-corrected chi connectivity index (χ1v) is 14.2. The fourth-order valence-electron chi connectivity index (χ4n) is 5.05. The van der Waals surface area contributed by atoms with E-state index in [2.05, 4.69) is 0 Å². The van der Waals surface area contributed by atoms with E-state index in [9.17, 15) is 9.59 Å². The predicted molar refractivity (Wildman–Crippen MR) is 157 cm³/mol. The number of benzene rings is 3. The first-order valence-electron chi connectivity index (χ1n) is 13.4. The van der Waals surface area contributed by atoms with Crippen LogP contribution in [0.25, 0.3) is 6.08 Å². The molecule has 3 heterocycles. The summed E-state index contributed by atoms with van der Waals surface area (Å²) in [5, 5.41) is 0. The van der Waals surface area contributed by atoms with E-state index >= 15 is 0 Å². The maximum atomic E-state index is 13.8. The number of carbonyl (C=O) groups excluding carboxylic acids is 1. The highest BCUT2D eigenvalue weighted by atomic mass is 32.1. The Morgan fingerprint density at radius 1 is 1.05 bits per heavy atom. The van der Waals surface area contributed by atoms with Gasteiger partial charge in [0.15, 0.2) is 27.8 Å². The molecule has 214 valence electrons. The first kappa shape index (κ1) is 27.3. The first-order chi connectivity index (χ1) is 20.5. The molecule has 0 N–H and O–H groups in total. The van der Waals surface area contributed by atoms with Gasteiger partial charge in [0.05, 0.1) is 36.1 Å². The molecule has 2 aliphatic rings. The number of hydrogen-bond acceptors (Lipinski definition) is 9. The summed E-state index contributed by atoms with van der Waals surface area (Å²) in [6, 6.07) is 20.0. The van der Waals surface area contributed by atoms with Crippen molar-refractivity contribution in [2.75, 3.05) is 21.0 Å². The Kier molecular flexibility index (Phi) is 7.54. The Morgan fingerprint density at radius 2 is 1.86 bits per heavy atom. The minimum absolute atomic E-state index is 0.214. The lowest BCUT2D eigenvalue weighted by Crippen LogP contribution is -2.40. The number of methoxy groups -OCH3 is 2. The highest BCUT2D eigenvalue weighted by molar-refractivity contribution is 7.07. The second-order valence-corrected chi connectivity index (χ2v) is 10.6. The van der Waals surface area contributed by atoms with Gasteiger partial charge in [-0.3, -0.25) is 9.36 Å². The van der Waals surface area contributed by atoms with E-state index in [0.29, 0.717) is 56.6 Å². The van der Waals surface area contributed by atoms with Gasteiger partial charge in [-0.15, -0.1) is 0 Å². The molecule has 1 aromatic heterocycles. The molecule has 0 spiro atoms. The molecule has 0 fully saturated rings. The zero-order chi connectivity index (χ0) is 29.2. The van der Waals surface area contributed by atoms with E-state index in [4.69, 9.17) is 28.7 Å². The normalized spacial score (nSPS) is 15.7. The van der Waals surface area contributed by atoms with Crippen LogP contribution in [-0.2, 0) is 16.1 Å². The largest absolute Gasteiger partial charge is 0.493 e. The fourth-order valence-corrected chi connectivity index (χ4v) is 6.07. The zero-order valence-electron chi connectivity index (χ0n) is 23.3. The average molecular weight is 585 g/mol. The van der Waals surface area contributed by atoms with E-state index in [-0.39, 0.29) is 12.4 Å². The number of rotatable bonds is 8. The maximum absolute atomic E-state index is 13.8. The molecular weight excluding hydrogens is 556 g/mol. The number of aromatic nitrogens is 1. The number of ether oxygens (including phenoxy) is 5. The average Bonchev–Trinajstić information content (AvgIpc) is 3.62. The molecule has 0 aliphatic carbocycles. The summed E-state index contributed by atoms with van der Waals surface area (Å²) in [5.74, 6) is 2.00. The Labute approximate surface area is 245 Å². The van der Waals surface area contributed by atoms with E-state index in [1.54, 1.807) is 17.8 Å². The summed E-state index contributed by atoms with van der Waals surface area (Å²) < 4.78 is 29.6. The number of fused-ring (bicyclic) bond motifs is 2. The van der Waals surface area contributed by atoms with Crippen molar-refractivity contribution < 1.29 is 28.5 Å². The smallest absolute Gasteiger partial charge is 0.338 e. The van der Waals surface area contributed by atoms with Crippen molar-refractivity contribution in [2.24, 2.45) is 4.99 Å². The van der Waals surface area contributed by atoms with E-state index < -0.39 is 12.0 Å². The Balaban J connectivity index is 1.35. The molecule has 10 heteroatoms. The van der Waals surface area contributed by atoms with Crippen LogP contribution in [0, 0.1) is 0 Å². The zero-order valence-corrected chi connectivity index (χ0v) is 24.1. The van der Waals surface area contributed by atoms with Crippen molar-refractivity contribution in [1.82, 2.24) is 4.57 Å². The third kappa shape index (κ3) is 5.05. The molecule has 3 aromatic carbocycles. The van der Waals surface area contributed by atoms with Crippen LogP contribution in [0.15, 0.2) is 87.8 Å². The lowest BCUT2D eigenvalue weighted by Gasteiger charge is -2.25. The Morgan fingerprint density at radius 3 is 2.62 bits per heavy atom. The van der Waals surface area contributed by atoms with E-state index in [1.165, 1.54) is 18.4 Å². The molecule has 0 unspecified atom stereocenters. The van der Waals surface area contributed by atoms with Gasteiger partial charge in [0.25, 0.3) is 5.56 Å². The molecule has 42 heavy (non-hydrogen) atoms.